The molecule has 0 aliphatic heterocycles. The second-order valence-corrected chi connectivity index (χ2v) is 6.10. The van der Waals surface area contributed by atoms with Crippen LogP contribution in [0.3, 0.4) is 0 Å². The van der Waals surface area contributed by atoms with Gasteiger partial charge in [-0.05, 0) is 42.9 Å². The lowest BCUT2D eigenvalue weighted by atomic mass is 9.48. The van der Waals surface area contributed by atoms with Gasteiger partial charge in [-0.2, -0.15) is 0 Å². The van der Waals surface area contributed by atoms with E-state index in [2.05, 4.69) is 19.9 Å². The first-order valence-electron chi connectivity index (χ1n) is 6.34. The molecule has 0 aromatic carbocycles. The topological polar surface area (TPSA) is 37.3 Å². The Labute approximate surface area is 97.7 Å². The first-order chi connectivity index (χ1) is 7.43. The largest absolute Gasteiger partial charge is 0.481 e. The van der Waals surface area contributed by atoms with Crippen molar-refractivity contribution in [3.8, 4) is 0 Å². The molecule has 2 nitrogen and oxygen atoms in total. The molecular formula is C14H22O2. The smallest absolute Gasteiger partial charge is 0.306 e. The Balaban J connectivity index is 1.92. The van der Waals surface area contributed by atoms with E-state index in [1.54, 1.807) is 6.92 Å². The van der Waals surface area contributed by atoms with Crippen molar-refractivity contribution in [1.82, 2.24) is 0 Å². The molecule has 2 bridgehead atoms. The fraction of sp³-hybridized carbons (Fsp3) is 0.786. The second kappa shape index (κ2) is 3.90. The van der Waals surface area contributed by atoms with Gasteiger partial charge in [0.25, 0.3) is 0 Å². The average molecular weight is 222 g/mol. The molecule has 1 fully saturated rings. The Kier molecular flexibility index (Phi) is 2.85. The van der Waals surface area contributed by atoms with E-state index in [0.29, 0.717) is 5.41 Å². The number of hydrogen-bond acceptors (Lipinski definition) is 1. The summed E-state index contributed by atoms with van der Waals surface area (Å²) in [5, 5.41) is 8.87. The molecule has 3 aliphatic rings. The SMILES string of the molecule is CC(CCC1=CC[C@H]2C[C@@H]1C2(C)C)C(=O)O. The van der Waals surface area contributed by atoms with Gasteiger partial charge in [0.05, 0.1) is 5.92 Å². The van der Waals surface area contributed by atoms with Gasteiger partial charge < -0.3 is 5.11 Å². The Morgan fingerprint density at radius 1 is 1.62 bits per heavy atom. The van der Waals surface area contributed by atoms with Gasteiger partial charge in [0, 0.05) is 0 Å². The zero-order chi connectivity index (χ0) is 11.9. The summed E-state index contributed by atoms with van der Waals surface area (Å²) in [7, 11) is 0. The minimum absolute atomic E-state index is 0.207. The molecule has 3 atom stereocenters. The van der Waals surface area contributed by atoms with Crippen LogP contribution in [0, 0.1) is 23.2 Å². The summed E-state index contributed by atoms with van der Waals surface area (Å²) in [6.45, 7) is 6.53. The number of carbonyl (C=O) groups is 1. The highest BCUT2D eigenvalue weighted by Crippen LogP contribution is 2.59. The fourth-order valence-corrected chi connectivity index (χ4v) is 3.26. The van der Waals surface area contributed by atoms with Crippen molar-refractivity contribution in [2.45, 2.75) is 46.5 Å². The molecule has 0 heterocycles. The van der Waals surface area contributed by atoms with Crippen molar-refractivity contribution in [2.75, 3.05) is 0 Å². The Hall–Kier alpha value is -0.790. The van der Waals surface area contributed by atoms with Gasteiger partial charge in [0.2, 0.25) is 0 Å². The van der Waals surface area contributed by atoms with Gasteiger partial charge in [-0.25, -0.2) is 0 Å². The predicted octanol–water partition coefficient (Wildman–Crippen LogP) is 3.48. The summed E-state index contributed by atoms with van der Waals surface area (Å²) in [6.07, 6.45) is 6.69. The zero-order valence-electron chi connectivity index (χ0n) is 10.5. The van der Waals surface area contributed by atoms with Crippen molar-refractivity contribution in [3.05, 3.63) is 11.6 Å². The molecule has 2 heteroatoms. The number of allylic oxidation sites excluding steroid dienone is 2. The third-order valence-corrected chi connectivity index (χ3v) is 4.87. The van der Waals surface area contributed by atoms with E-state index in [0.717, 1.165) is 24.7 Å². The summed E-state index contributed by atoms with van der Waals surface area (Å²) in [5.41, 5.74) is 2.00. The van der Waals surface area contributed by atoms with Crippen molar-refractivity contribution in [3.63, 3.8) is 0 Å². The molecule has 1 saturated carbocycles. The molecule has 0 aromatic heterocycles. The van der Waals surface area contributed by atoms with E-state index in [4.69, 9.17) is 5.11 Å². The third kappa shape index (κ3) is 1.79. The van der Waals surface area contributed by atoms with Crippen LogP contribution in [0.2, 0.25) is 0 Å². The van der Waals surface area contributed by atoms with E-state index in [1.165, 1.54) is 18.4 Å². The van der Waals surface area contributed by atoms with Crippen LogP contribution in [0.25, 0.3) is 0 Å². The summed E-state index contributed by atoms with van der Waals surface area (Å²) in [4.78, 5) is 10.8. The number of carboxylic acid groups (broad SMARTS) is 1. The van der Waals surface area contributed by atoms with Crippen LogP contribution in [0.5, 0.6) is 0 Å². The second-order valence-electron chi connectivity index (χ2n) is 6.10. The van der Waals surface area contributed by atoms with E-state index in [1.807, 2.05) is 0 Å². The molecule has 1 unspecified atom stereocenters. The lowest BCUT2D eigenvalue weighted by molar-refractivity contribution is -0.141. The highest BCUT2D eigenvalue weighted by molar-refractivity contribution is 5.69. The molecular weight excluding hydrogens is 200 g/mol. The number of rotatable bonds is 4. The standard InChI is InChI=1S/C14H22O2/c1-9(13(15)16)4-5-10-6-7-11-8-12(10)14(11,2)3/h6,9,11-12H,4-5,7-8H2,1-3H3,(H,15,16)/t9?,11-,12-/m0/s1. The number of hydrogen-bond donors (Lipinski definition) is 1. The van der Waals surface area contributed by atoms with Crippen molar-refractivity contribution in [2.24, 2.45) is 23.2 Å². The molecule has 0 radical (unpaired) electrons. The summed E-state index contributed by atoms with van der Waals surface area (Å²) < 4.78 is 0. The molecule has 3 aliphatic carbocycles. The van der Waals surface area contributed by atoms with Crippen LogP contribution in [0.1, 0.15) is 46.5 Å². The van der Waals surface area contributed by atoms with Crippen LogP contribution in [-0.2, 0) is 4.79 Å². The van der Waals surface area contributed by atoms with Crippen LogP contribution < -0.4 is 0 Å². The maximum atomic E-state index is 10.8. The highest BCUT2D eigenvalue weighted by Gasteiger charge is 2.50. The lowest BCUT2D eigenvalue weighted by Crippen LogP contribution is -2.48. The summed E-state index contributed by atoms with van der Waals surface area (Å²) in [6, 6.07) is 0. The summed E-state index contributed by atoms with van der Waals surface area (Å²) >= 11 is 0. The predicted molar refractivity (Wildman–Crippen MR) is 64.1 cm³/mol. The zero-order valence-corrected chi connectivity index (χ0v) is 10.5. The minimum atomic E-state index is -0.665. The molecule has 90 valence electrons. The minimum Gasteiger partial charge on any atom is -0.481 e. The van der Waals surface area contributed by atoms with Crippen LogP contribution >= 0.6 is 0 Å². The quantitative estimate of drug-likeness (QED) is 0.739. The maximum Gasteiger partial charge on any atom is 0.306 e. The molecule has 0 saturated heterocycles. The van der Waals surface area contributed by atoms with Crippen molar-refractivity contribution >= 4 is 5.97 Å². The Morgan fingerprint density at radius 2 is 2.31 bits per heavy atom. The molecule has 0 aromatic rings. The lowest BCUT2D eigenvalue weighted by Gasteiger charge is -2.56. The van der Waals surface area contributed by atoms with Crippen LogP contribution in [0.4, 0.5) is 0 Å². The highest BCUT2D eigenvalue weighted by atomic mass is 16.4. The average Bonchev–Trinajstić information content (AvgIpc) is 2.25. The Bertz CT molecular complexity index is 328. The molecule has 3 rings (SSSR count). The monoisotopic (exact) mass is 222 g/mol. The van der Waals surface area contributed by atoms with E-state index in [-0.39, 0.29) is 5.92 Å². The number of aliphatic carboxylic acids is 1. The molecule has 1 N–H and O–H groups in total. The van der Waals surface area contributed by atoms with Gasteiger partial charge >= 0.3 is 5.97 Å². The number of carboxylic acids is 1. The fourth-order valence-electron chi connectivity index (χ4n) is 3.26. The Morgan fingerprint density at radius 3 is 2.81 bits per heavy atom. The van der Waals surface area contributed by atoms with Crippen LogP contribution in [0.15, 0.2) is 11.6 Å². The van der Waals surface area contributed by atoms with Gasteiger partial charge in [0.15, 0.2) is 0 Å². The van der Waals surface area contributed by atoms with E-state index in [9.17, 15) is 4.79 Å². The van der Waals surface area contributed by atoms with E-state index < -0.39 is 5.97 Å². The maximum absolute atomic E-state index is 10.8. The normalized spacial score (nSPS) is 32.6. The first-order valence-corrected chi connectivity index (χ1v) is 6.34. The molecule has 16 heavy (non-hydrogen) atoms. The van der Waals surface area contributed by atoms with Gasteiger partial charge in [0.1, 0.15) is 0 Å². The molecule has 0 spiro atoms. The van der Waals surface area contributed by atoms with Gasteiger partial charge in [-0.3, -0.25) is 4.79 Å². The van der Waals surface area contributed by atoms with Gasteiger partial charge in [-0.1, -0.05) is 32.4 Å². The third-order valence-electron chi connectivity index (χ3n) is 4.87. The van der Waals surface area contributed by atoms with Crippen LogP contribution in [-0.4, -0.2) is 11.1 Å². The summed E-state index contributed by atoms with van der Waals surface area (Å²) in [5.74, 6) is 0.731. The molecule has 0 amide bonds. The number of fused-ring (bicyclic) bond motifs is 1. The van der Waals surface area contributed by atoms with Crippen molar-refractivity contribution in [1.29, 1.82) is 0 Å². The first kappa shape index (κ1) is 11.7. The van der Waals surface area contributed by atoms with Crippen molar-refractivity contribution < 1.29 is 9.90 Å². The van der Waals surface area contributed by atoms with E-state index >= 15 is 0 Å². The van der Waals surface area contributed by atoms with Gasteiger partial charge in [-0.15, -0.1) is 0 Å².